The molecule has 18 heavy (non-hydrogen) atoms. The van der Waals surface area contributed by atoms with Crippen LogP contribution < -0.4 is 10.6 Å². The highest BCUT2D eigenvalue weighted by atomic mass is 16.2. The maximum absolute atomic E-state index is 12.3. The second-order valence-electron chi connectivity index (χ2n) is 4.79. The molecule has 2 aliphatic rings. The summed E-state index contributed by atoms with van der Waals surface area (Å²) in [5, 5.41) is 5.98. The quantitative estimate of drug-likeness (QED) is 0.732. The van der Waals surface area contributed by atoms with Crippen LogP contribution in [-0.2, 0) is 4.79 Å². The van der Waals surface area contributed by atoms with Crippen LogP contribution in [0.25, 0.3) is 0 Å². The van der Waals surface area contributed by atoms with Crippen molar-refractivity contribution in [1.82, 2.24) is 10.6 Å². The Hall–Kier alpha value is -1.77. The lowest BCUT2D eigenvalue weighted by atomic mass is 9.72. The molecule has 3 heteroatoms. The van der Waals surface area contributed by atoms with E-state index in [-0.39, 0.29) is 11.3 Å². The van der Waals surface area contributed by atoms with Crippen molar-refractivity contribution in [2.45, 2.75) is 26.2 Å². The van der Waals surface area contributed by atoms with Gasteiger partial charge >= 0.3 is 0 Å². The minimum absolute atomic E-state index is 0.120. The zero-order valence-corrected chi connectivity index (χ0v) is 11.0. The molecular formula is C15H20N2O. The van der Waals surface area contributed by atoms with Gasteiger partial charge in [-0.25, -0.2) is 0 Å². The van der Waals surface area contributed by atoms with Crippen LogP contribution >= 0.6 is 0 Å². The van der Waals surface area contributed by atoms with Gasteiger partial charge in [-0.1, -0.05) is 24.8 Å². The van der Waals surface area contributed by atoms with Gasteiger partial charge in [0.15, 0.2) is 0 Å². The minimum atomic E-state index is -0.358. The maximum Gasteiger partial charge on any atom is 0.235 e. The molecule has 0 bridgehead atoms. The van der Waals surface area contributed by atoms with Crippen LogP contribution in [0.15, 0.2) is 47.9 Å². The van der Waals surface area contributed by atoms with Gasteiger partial charge in [-0.15, -0.1) is 0 Å². The topological polar surface area (TPSA) is 41.1 Å². The summed E-state index contributed by atoms with van der Waals surface area (Å²) in [5.74, 6) is 0.120. The van der Waals surface area contributed by atoms with Gasteiger partial charge in [0.05, 0.1) is 5.41 Å². The first kappa shape index (κ1) is 12.7. The SMILES string of the molecule is C=C(/C=C1/NC(=O)C2(CC=CCC2)/C1=C/C)NC. The number of hydrogen-bond donors (Lipinski definition) is 2. The number of allylic oxidation sites excluding steroid dienone is 5. The Kier molecular flexibility index (Phi) is 3.41. The standard InChI is InChI=1S/C15H20N2O/c1-4-12-13(10-11(2)16-3)17-14(18)15(12)8-6-5-7-9-15/h4-6,10,16H,2,7-9H2,1,3H3,(H,17,18)/b12-4+,13-10+. The summed E-state index contributed by atoms with van der Waals surface area (Å²) in [6.07, 6.45) is 10.9. The minimum Gasteiger partial charge on any atom is -0.389 e. The Morgan fingerprint density at radius 2 is 2.33 bits per heavy atom. The molecule has 96 valence electrons. The van der Waals surface area contributed by atoms with Crippen LogP contribution in [0.4, 0.5) is 0 Å². The van der Waals surface area contributed by atoms with Gasteiger partial charge in [0, 0.05) is 18.4 Å². The van der Waals surface area contributed by atoms with Crippen LogP contribution in [0.5, 0.6) is 0 Å². The number of carbonyl (C=O) groups excluding carboxylic acids is 1. The third kappa shape index (κ3) is 1.90. The lowest BCUT2D eigenvalue weighted by Crippen LogP contribution is -2.32. The third-order valence-corrected chi connectivity index (χ3v) is 3.79. The number of amides is 1. The van der Waals surface area contributed by atoms with Crippen molar-refractivity contribution in [1.29, 1.82) is 0 Å². The molecule has 0 radical (unpaired) electrons. The van der Waals surface area contributed by atoms with E-state index in [0.29, 0.717) is 0 Å². The molecular weight excluding hydrogens is 224 g/mol. The van der Waals surface area contributed by atoms with E-state index in [4.69, 9.17) is 0 Å². The summed E-state index contributed by atoms with van der Waals surface area (Å²) in [6.45, 7) is 5.88. The van der Waals surface area contributed by atoms with Crippen molar-refractivity contribution < 1.29 is 4.79 Å². The van der Waals surface area contributed by atoms with E-state index in [1.165, 1.54) is 0 Å². The highest BCUT2D eigenvalue weighted by Crippen LogP contribution is 2.46. The first-order valence-electron chi connectivity index (χ1n) is 6.36. The van der Waals surface area contributed by atoms with Crippen molar-refractivity contribution in [2.24, 2.45) is 5.41 Å². The predicted octanol–water partition coefficient (Wildman–Crippen LogP) is 2.41. The first-order valence-corrected chi connectivity index (χ1v) is 6.36. The van der Waals surface area contributed by atoms with Crippen LogP contribution in [0, 0.1) is 5.41 Å². The van der Waals surface area contributed by atoms with Gasteiger partial charge in [0.25, 0.3) is 0 Å². The Morgan fingerprint density at radius 3 is 2.89 bits per heavy atom. The van der Waals surface area contributed by atoms with Gasteiger partial charge in [0.2, 0.25) is 5.91 Å². The zero-order chi connectivity index (χ0) is 13.2. The summed E-state index contributed by atoms with van der Waals surface area (Å²) in [4.78, 5) is 12.3. The van der Waals surface area contributed by atoms with E-state index in [2.05, 4.69) is 29.4 Å². The molecule has 0 aromatic heterocycles. The molecule has 0 aromatic rings. The molecule has 1 aliphatic carbocycles. The molecule has 1 amide bonds. The number of likely N-dealkylation sites (N-methyl/N-ethyl adjacent to an activating group) is 1. The van der Waals surface area contributed by atoms with Gasteiger partial charge < -0.3 is 10.6 Å². The number of hydrogen-bond acceptors (Lipinski definition) is 2. The summed E-state index contributed by atoms with van der Waals surface area (Å²) >= 11 is 0. The monoisotopic (exact) mass is 244 g/mol. The Bertz CT molecular complexity index is 471. The van der Waals surface area contributed by atoms with Crippen LogP contribution in [-0.4, -0.2) is 13.0 Å². The lowest BCUT2D eigenvalue weighted by molar-refractivity contribution is -0.126. The fourth-order valence-corrected chi connectivity index (χ4v) is 2.77. The van der Waals surface area contributed by atoms with Crippen LogP contribution in [0.3, 0.4) is 0 Å². The van der Waals surface area contributed by atoms with E-state index < -0.39 is 0 Å². The second-order valence-corrected chi connectivity index (χ2v) is 4.79. The fourth-order valence-electron chi connectivity index (χ4n) is 2.77. The molecule has 1 saturated heterocycles. The van der Waals surface area contributed by atoms with Crippen LogP contribution in [0.2, 0.25) is 0 Å². The van der Waals surface area contributed by atoms with E-state index in [0.717, 1.165) is 36.2 Å². The van der Waals surface area contributed by atoms with E-state index in [9.17, 15) is 4.79 Å². The molecule has 1 spiro atoms. The molecule has 1 fully saturated rings. The average molecular weight is 244 g/mol. The normalized spacial score (nSPS) is 31.1. The first-order chi connectivity index (χ1) is 8.64. The highest BCUT2D eigenvalue weighted by Gasteiger charge is 2.47. The lowest BCUT2D eigenvalue weighted by Gasteiger charge is -2.28. The van der Waals surface area contributed by atoms with E-state index >= 15 is 0 Å². The van der Waals surface area contributed by atoms with Gasteiger partial charge in [-0.3, -0.25) is 4.79 Å². The molecule has 1 aliphatic heterocycles. The van der Waals surface area contributed by atoms with E-state index in [1.807, 2.05) is 26.1 Å². The number of carbonyl (C=O) groups is 1. The van der Waals surface area contributed by atoms with Crippen LogP contribution in [0.1, 0.15) is 26.2 Å². The van der Waals surface area contributed by atoms with E-state index in [1.54, 1.807) is 0 Å². The summed E-state index contributed by atoms with van der Waals surface area (Å²) in [6, 6.07) is 0. The molecule has 1 unspecified atom stereocenters. The highest BCUT2D eigenvalue weighted by molar-refractivity contribution is 5.94. The van der Waals surface area contributed by atoms with Gasteiger partial charge in [-0.2, -0.15) is 0 Å². The van der Waals surface area contributed by atoms with Crippen molar-refractivity contribution in [2.75, 3.05) is 7.05 Å². The Labute approximate surface area is 108 Å². The summed E-state index contributed by atoms with van der Waals surface area (Å²) in [7, 11) is 1.82. The Morgan fingerprint density at radius 1 is 1.56 bits per heavy atom. The smallest absolute Gasteiger partial charge is 0.235 e. The molecule has 2 rings (SSSR count). The second kappa shape index (κ2) is 4.84. The third-order valence-electron chi connectivity index (χ3n) is 3.79. The summed E-state index contributed by atoms with van der Waals surface area (Å²) < 4.78 is 0. The molecule has 1 atom stereocenters. The molecule has 0 saturated carbocycles. The fraction of sp³-hybridized carbons (Fsp3) is 0.400. The van der Waals surface area contributed by atoms with Crippen molar-refractivity contribution in [3.63, 3.8) is 0 Å². The van der Waals surface area contributed by atoms with Crippen molar-refractivity contribution in [3.8, 4) is 0 Å². The van der Waals surface area contributed by atoms with Crippen molar-refractivity contribution >= 4 is 5.91 Å². The Balaban J connectivity index is 2.40. The van der Waals surface area contributed by atoms with Crippen molar-refractivity contribution in [3.05, 3.63) is 47.9 Å². The number of rotatable bonds is 2. The van der Waals surface area contributed by atoms with Gasteiger partial charge in [-0.05, 0) is 37.8 Å². The molecule has 1 heterocycles. The van der Waals surface area contributed by atoms with Gasteiger partial charge in [0.1, 0.15) is 0 Å². The molecule has 2 N–H and O–H groups in total. The maximum atomic E-state index is 12.3. The average Bonchev–Trinajstić information content (AvgIpc) is 2.62. The predicted molar refractivity (Wildman–Crippen MR) is 73.6 cm³/mol. The summed E-state index contributed by atoms with van der Waals surface area (Å²) in [5.41, 5.74) is 2.43. The molecule has 3 nitrogen and oxygen atoms in total. The largest absolute Gasteiger partial charge is 0.389 e. The zero-order valence-electron chi connectivity index (χ0n) is 11.0. The number of nitrogens with one attached hydrogen (secondary N) is 2. The molecule has 0 aromatic carbocycles.